The van der Waals surface area contributed by atoms with Crippen molar-refractivity contribution in [1.82, 2.24) is 9.97 Å². The van der Waals surface area contributed by atoms with E-state index in [9.17, 15) is 4.79 Å². The first-order chi connectivity index (χ1) is 9.95. The van der Waals surface area contributed by atoms with Crippen LogP contribution in [0.5, 0.6) is 0 Å². The van der Waals surface area contributed by atoms with Crippen LogP contribution in [0.1, 0.15) is 25.4 Å². The molecule has 0 spiro atoms. The normalized spacial score (nSPS) is 11.1. The quantitative estimate of drug-likeness (QED) is 0.758. The summed E-state index contributed by atoms with van der Waals surface area (Å²) in [7, 11) is 0. The Morgan fingerprint density at radius 3 is 2.86 bits per heavy atom. The van der Waals surface area contributed by atoms with Crippen LogP contribution in [0.2, 0.25) is 5.02 Å². The van der Waals surface area contributed by atoms with Crippen LogP contribution in [-0.2, 0) is 12.2 Å². The Morgan fingerprint density at radius 1 is 1.43 bits per heavy atom. The van der Waals surface area contributed by atoms with Crippen LogP contribution in [0.15, 0.2) is 38.4 Å². The molecule has 0 bridgehead atoms. The molecule has 1 aromatic heterocycles. The van der Waals surface area contributed by atoms with Crippen molar-refractivity contribution in [3.05, 3.63) is 55.6 Å². The van der Waals surface area contributed by atoms with E-state index >= 15 is 0 Å². The Bertz CT molecular complexity index is 688. The molecule has 21 heavy (non-hydrogen) atoms. The van der Waals surface area contributed by atoms with E-state index in [0.29, 0.717) is 27.0 Å². The highest BCUT2D eigenvalue weighted by atomic mass is 79.9. The summed E-state index contributed by atoms with van der Waals surface area (Å²) >= 11 is 10.9. The first-order valence-electron chi connectivity index (χ1n) is 6.61. The molecule has 0 fully saturated rings. The second kappa shape index (κ2) is 7.47. The molecule has 1 aromatic carbocycles. The summed E-state index contributed by atoms with van der Waals surface area (Å²) in [6.07, 6.45) is 0.777. The van der Waals surface area contributed by atoms with Gasteiger partial charge in [0.15, 0.2) is 0 Å². The van der Waals surface area contributed by atoms with Crippen LogP contribution in [0.25, 0.3) is 0 Å². The van der Waals surface area contributed by atoms with Crippen LogP contribution >= 0.6 is 39.3 Å². The summed E-state index contributed by atoms with van der Waals surface area (Å²) in [5, 5.41) is 0.706. The summed E-state index contributed by atoms with van der Waals surface area (Å²) < 4.78 is 0.535. The van der Waals surface area contributed by atoms with Gasteiger partial charge in [-0.1, -0.05) is 31.5 Å². The average molecular weight is 388 g/mol. The lowest BCUT2D eigenvalue weighted by Crippen LogP contribution is -2.16. The summed E-state index contributed by atoms with van der Waals surface area (Å²) in [6.45, 7) is 4.21. The third kappa shape index (κ3) is 4.87. The fraction of sp³-hybridized carbons (Fsp3) is 0.333. The lowest BCUT2D eigenvalue weighted by molar-refractivity contribution is 0.628. The Hall–Kier alpha value is -0.780. The number of thioether (sulfide) groups is 1. The third-order valence-electron chi connectivity index (χ3n) is 2.75. The SMILES string of the molecule is CC(C)Cc1nc(CSc2cccc(Cl)c2)[nH]c(=O)c1Br. The molecule has 0 unspecified atom stereocenters. The molecular formula is C15H16BrClN2OS. The van der Waals surface area contributed by atoms with Gasteiger partial charge >= 0.3 is 0 Å². The maximum absolute atomic E-state index is 11.9. The zero-order valence-electron chi connectivity index (χ0n) is 11.8. The van der Waals surface area contributed by atoms with Gasteiger partial charge in [-0.3, -0.25) is 4.79 Å². The fourth-order valence-corrected chi connectivity index (χ4v) is 3.29. The molecule has 0 aliphatic rings. The van der Waals surface area contributed by atoms with Gasteiger partial charge in [-0.15, -0.1) is 11.8 Å². The van der Waals surface area contributed by atoms with Gasteiger partial charge in [0.2, 0.25) is 0 Å². The van der Waals surface area contributed by atoms with E-state index in [0.717, 1.165) is 17.0 Å². The summed E-state index contributed by atoms with van der Waals surface area (Å²) in [5.41, 5.74) is 0.692. The van der Waals surface area contributed by atoms with Crippen molar-refractivity contribution >= 4 is 39.3 Å². The number of nitrogens with one attached hydrogen (secondary N) is 1. The smallest absolute Gasteiger partial charge is 0.265 e. The highest BCUT2D eigenvalue weighted by molar-refractivity contribution is 9.10. The van der Waals surface area contributed by atoms with Gasteiger partial charge < -0.3 is 4.98 Å². The molecule has 2 rings (SSSR count). The van der Waals surface area contributed by atoms with Crippen molar-refractivity contribution in [2.24, 2.45) is 5.92 Å². The Kier molecular flexibility index (Phi) is 5.90. The predicted molar refractivity (Wildman–Crippen MR) is 92.1 cm³/mol. The Balaban J connectivity index is 2.17. The second-order valence-corrected chi connectivity index (χ2v) is 7.40. The van der Waals surface area contributed by atoms with Crippen molar-refractivity contribution in [2.75, 3.05) is 0 Å². The standard InChI is InChI=1S/C15H16BrClN2OS/c1-9(2)6-12-14(16)15(20)19-13(18-12)8-21-11-5-3-4-10(17)7-11/h3-5,7,9H,6,8H2,1-2H3,(H,18,19,20). The van der Waals surface area contributed by atoms with Gasteiger partial charge in [-0.05, 0) is 46.5 Å². The summed E-state index contributed by atoms with van der Waals surface area (Å²) in [6, 6.07) is 7.64. The minimum absolute atomic E-state index is 0.123. The van der Waals surface area contributed by atoms with Crippen molar-refractivity contribution in [3.8, 4) is 0 Å². The number of aromatic nitrogens is 2. The number of rotatable bonds is 5. The van der Waals surface area contributed by atoms with E-state index in [-0.39, 0.29) is 5.56 Å². The van der Waals surface area contributed by atoms with Gasteiger partial charge in [0.25, 0.3) is 5.56 Å². The molecule has 0 amide bonds. The van der Waals surface area contributed by atoms with E-state index in [2.05, 4.69) is 39.7 Å². The zero-order chi connectivity index (χ0) is 15.4. The number of hydrogen-bond donors (Lipinski definition) is 1. The molecule has 0 radical (unpaired) electrons. The first-order valence-corrected chi connectivity index (χ1v) is 8.77. The molecule has 1 heterocycles. The molecule has 6 heteroatoms. The molecule has 0 aliphatic heterocycles. The number of benzene rings is 1. The molecule has 3 nitrogen and oxygen atoms in total. The van der Waals surface area contributed by atoms with Crippen molar-refractivity contribution in [3.63, 3.8) is 0 Å². The van der Waals surface area contributed by atoms with Gasteiger partial charge in [0, 0.05) is 9.92 Å². The van der Waals surface area contributed by atoms with Crippen LogP contribution in [0, 0.1) is 5.92 Å². The molecule has 0 saturated heterocycles. The van der Waals surface area contributed by atoms with Gasteiger partial charge in [-0.25, -0.2) is 4.98 Å². The number of hydrogen-bond acceptors (Lipinski definition) is 3. The Labute approximate surface area is 141 Å². The highest BCUT2D eigenvalue weighted by Gasteiger charge is 2.11. The van der Waals surface area contributed by atoms with Gasteiger partial charge in [-0.2, -0.15) is 0 Å². The molecular weight excluding hydrogens is 372 g/mol. The molecule has 0 saturated carbocycles. The molecule has 112 valence electrons. The van der Waals surface area contributed by atoms with E-state index < -0.39 is 0 Å². The number of aromatic amines is 1. The van der Waals surface area contributed by atoms with Crippen molar-refractivity contribution in [2.45, 2.75) is 30.9 Å². The third-order valence-corrected chi connectivity index (χ3v) is 4.81. The highest BCUT2D eigenvalue weighted by Crippen LogP contribution is 2.24. The van der Waals surface area contributed by atoms with E-state index in [4.69, 9.17) is 11.6 Å². The second-order valence-electron chi connectivity index (χ2n) is 5.12. The number of nitrogens with zero attached hydrogens (tertiary/aromatic N) is 1. The first kappa shape index (κ1) is 16.6. The van der Waals surface area contributed by atoms with Crippen LogP contribution in [0.4, 0.5) is 0 Å². The van der Waals surface area contributed by atoms with Gasteiger partial charge in [0.1, 0.15) is 10.3 Å². The van der Waals surface area contributed by atoms with Crippen LogP contribution in [0.3, 0.4) is 0 Å². The molecule has 0 atom stereocenters. The average Bonchev–Trinajstić information content (AvgIpc) is 2.41. The number of H-pyrrole nitrogens is 1. The minimum atomic E-state index is -0.123. The largest absolute Gasteiger partial charge is 0.309 e. The van der Waals surface area contributed by atoms with Crippen LogP contribution < -0.4 is 5.56 Å². The topological polar surface area (TPSA) is 45.8 Å². The predicted octanol–water partition coefficient (Wildman–Crippen LogP) is 4.68. The maximum Gasteiger partial charge on any atom is 0.265 e. The molecule has 1 N–H and O–H groups in total. The summed E-state index contributed by atoms with van der Waals surface area (Å²) in [5.74, 6) is 1.74. The van der Waals surface area contributed by atoms with Crippen LogP contribution in [-0.4, -0.2) is 9.97 Å². The van der Waals surface area contributed by atoms with E-state index in [1.807, 2.05) is 24.3 Å². The minimum Gasteiger partial charge on any atom is -0.309 e. The Morgan fingerprint density at radius 2 is 2.19 bits per heavy atom. The summed E-state index contributed by atoms with van der Waals surface area (Å²) in [4.78, 5) is 20.4. The molecule has 0 aliphatic carbocycles. The number of halogens is 2. The fourth-order valence-electron chi connectivity index (χ4n) is 1.86. The van der Waals surface area contributed by atoms with Crippen molar-refractivity contribution < 1.29 is 0 Å². The monoisotopic (exact) mass is 386 g/mol. The van der Waals surface area contributed by atoms with E-state index in [1.165, 1.54) is 0 Å². The molecule has 2 aromatic rings. The van der Waals surface area contributed by atoms with Gasteiger partial charge in [0.05, 0.1) is 11.4 Å². The van der Waals surface area contributed by atoms with E-state index in [1.54, 1.807) is 11.8 Å². The lowest BCUT2D eigenvalue weighted by Gasteiger charge is -2.08. The lowest BCUT2D eigenvalue weighted by atomic mass is 10.1. The van der Waals surface area contributed by atoms with Crippen molar-refractivity contribution in [1.29, 1.82) is 0 Å². The zero-order valence-corrected chi connectivity index (χ0v) is 15.0. The maximum atomic E-state index is 11.9.